The predicted molar refractivity (Wildman–Crippen MR) is 125 cm³/mol. The Morgan fingerprint density at radius 1 is 1.06 bits per heavy atom. The number of aliphatic hydroxyl groups is 1. The smallest absolute Gasteiger partial charge is 0.410 e. The van der Waals surface area contributed by atoms with E-state index in [0.29, 0.717) is 19.4 Å². The molecule has 2 aromatic carbocycles. The fraction of sp³-hybridized carbons (Fsp3) is 0.407. The molecule has 2 fully saturated rings. The number of rotatable bonds is 3. The largest absolute Gasteiger partial charge is 0.448 e. The van der Waals surface area contributed by atoms with E-state index < -0.39 is 5.60 Å². The molecule has 0 radical (unpaired) electrons. The second-order valence-corrected chi connectivity index (χ2v) is 9.79. The molecular formula is C27H29N3O3. The van der Waals surface area contributed by atoms with Gasteiger partial charge in [-0.2, -0.15) is 5.10 Å². The second kappa shape index (κ2) is 7.73. The van der Waals surface area contributed by atoms with Gasteiger partial charge in [-0.15, -0.1) is 0 Å². The molecule has 6 rings (SSSR count). The fourth-order valence-corrected chi connectivity index (χ4v) is 6.29. The summed E-state index contributed by atoms with van der Waals surface area (Å²) in [6.45, 7) is 0.329. The van der Waals surface area contributed by atoms with Gasteiger partial charge < -0.3 is 14.7 Å². The van der Waals surface area contributed by atoms with Gasteiger partial charge in [0.2, 0.25) is 0 Å². The number of fused-ring (bicyclic) bond motifs is 5. The molecule has 6 nitrogen and oxygen atoms in total. The summed E-state index contributed by atoms with van der Waals surface area (Å²) < 4.78 is 7.71. The maximum absolute atomic E-state index is 13.3. The van der Waals surface area contributed by atoms with Crippen molar-refractivity contribution in [1.82, 2.24) is 14.7 Å². The van der Waals surface area contributed by atoms with Crippen molar-refractivity contribution in [2.45, 2.75) is 55.7 Å². The first kappa shape index (κ1) is 20.5. The van der Waals surface area contributed by atoms with Crippen LogP contribution in [-0.4, -0.2) is 44.6 Å². The Bertz CT molecular complexity index is 1140. The van der Waals surface area contributed by atoms with Crippen molar-refractivity contribution in [2.24, 2.45) is 7.05 Å². The number of carbonyl (C=O) groups is 1. The van der Waals surface area contributed by atoms with Gasteiger partial charge in [0, 0.05) is 49.7 Å². The highest BCUT2D eigenvalue weighted by Gasteiger charge is 2.49. The fourth-order valence-electron chi connectivity index (χ4n) is 6.29. The molecule has 2 aliphatic heterocycles. The van der Waals surface area contributed by atoms with Gasteiger partial charge in [-0.3, -0.25) is 4.68 Å². The Kier molecular flexibility index (Phi) is 4.80. The third kappa shape index (κ3) is 3.35. The average molecular weight is 444 g/mol. The molecule has 1 amide bonds. The van der Waals surface area contributed by atoms with Gasteiger partial charge in [0.25, 0.3) is 0 Å². The summed E-state index contributed by atoms with van der Waals surface area (Å²) in [4.78, 5) is 15.3. The van der Waals surface area contributed by atoms with Crippen molar-refractivity contribution in [3.05, 3.63) is 77.6 Å². The van der Waals surface area contributed by atoms with Crippen LogP contribution >= 0.6 is 0 Å². The zero-order valence-electron chi connectivity index (χ0n) is 18.9. The molecule has 3 heterocycles. The van der Waals surface area contributed by atoms with Crippen LogP contribution in [0.3, 0.4) is 0 Å². The Labute approximate surface area is 193 Å². The Morgan fingerprint density at radius 2 is 1.67 bits per heavy atom. The number of aromatic nitrogens is 2. The number of hydrogen-bond donors (Lipinski definition) is 1. The van der Waals surface area contributed by atoms with E-state index in [1.165, 1.54) is 22.3 Å². The summed E-state index contributed by atoms with van der Waals surface area (Å²) in [5.74, 6) is 0.0540. The first-order chi connectivity index (χ1) is 16.0. The van der Waals surface area contributed by atoms with Crippen LogP contribution in [0.5, 0.6) is 0 Å². The molecule has 2 unspecified atom stereocenters. The first-order valence-electron chi connectivity index (χ1n) is 11.9. The minimum Gasteiger partial charge on any atom is -0.448 e. The lowest BCUT2D eigenvalue weighted by Gasteiger charge is -2.51. The summed E-state index contributed by atoms with van der Waals surface area (Å²) in [5.41, 5.74) is 4.79. The highest BCUT2D eigenvalue weighted by Crippen LogP contribution is 2.46. The lowest BCUT2D eigenvalue weighted by atomic mass is 9.73. The third-order valence-electron chi connectivity index (χ3n) is 7.80. The van der Waals surface area contributed by atoms with Crippen LogP contribution in [0.1, 0.15) is 54.7 Å². The molecule has 0 saturated carbocycles. The van der Waals surface area contributed by atoms with Gasteiger partial charge in [0.05, 0.1) is 11.8 Å². The molecule has 33 heavy (non-hydrogen) atoms. The van der Waals surface area contributed by atoms with Gasteiger partial charge in [-0.1, -0.05) is 48.5 Å². The van der Waals surface area contributed by atoms with Gasteiger partial charge in [-0.05, 0) is 41.5 Å². The molecular weight excluding hydrogens is 414 g/mol. The minimum absolute atomic E-state index is 0.0154. The molecule has 0 spiro atoms. The van der Waals surface area contributed by atoms with Crippen LogP contribution < -0.4 is 0 Å². The van der Waals surface area contributed by atoms with Crippen LogP contribution in [0.2, 0.25) is 0 Å². The van der Waals surface area contributed by atoms with Gasteiger partial charge in [0.15, 0.2) is 0 Å². The van der Waals surface area contributed by atoms with Crippen LogP contribution in [0.4, 0.5) is 4.79 Å². The van der Waals surface area contributed by atoms with Crippen LogP contribution in [-0.2, 0) is 17.4 Å². The second-order valence-electron chi connectivity index (χ2n) is 9.79. The van der Waals surface area contributed by atoms with Crippen molar-refractivity contribution in [3.63, 3.8) is 0 Å². The van der Waals surface area contributed by atoms with E-state index in [1.807, 2.05) is 30.3 Å². The van der Waals surface area contributed by atoms with E-state index >= 15 is 0 Å². The van der Waals surface area contributed by atoms with E-state index in [2.05, 4.69) is 41.5 Å². The Balaban J connectivity index is 1.20. The summed E-state index contributed by atoms with van der Waals surface area (Å²) in [5, 5.41) is 15.7. The molecule has 3 aliphatic rings. The number of hydrogen-bond acceptors (Lipinski definition) is 4. The number of amides is 1. The minimum atomic E-state index is -0.940. The van der Waals surface area contributed by atoms with E-state index in [9.17, 15) is 9.90 Å². The van der Waals surface area contributed by atoms with E-state index in [0.717, 1.165) is 24.8 Å². The normalized spacial score (nSPS) is 26.1. The zero-order chi connectivity index (χ0) is 22.6. The molecule has 2 atom stereocenters. The van der Waals surface area contributed by atoms with Crippen molar-refractivity contribution < 1.29 is 14.6 Å². The predicted octanol–water partition coefficient (Wildman–Crippen LogP) is 4.57. The van der Waals surface area contributed by atoms with Crippen molar-refractivity contribution in [1.29, 1.82) is 0 Å². The molecule has 170 valence electrons. The Hall–Kier alpha value is -3.12. The molecule has 1 aliphatic carbocycles. The molecule has 3 aromatic rings. The summed E-state index contributed by atoms with van der Waals surface area (Å²) in [6, 6.07) is 16.7. The lowest BCUT2D eigenvalue weighted by molar-refractivity contribution is -0.0891. The molecule has 6 heteroatoms. The third-order valence-corrected chi connectivity index (χ3v) is 7.80. The van der Waals surface area contributed by atoms with Crippen LogP contribution in [0.15, 0.2) is 60.9 Å². The van der Waals surface area contributed by atoms with Crippen LogP contribution in [0, 0.1) is 0 Å². The topological polar surface area (TPSA) is 67.6 Å². The Morgan fingerprint density at radius 3 is 2.24 bits per heavy atom. The summed E-state index contributed by atoms with van der Waals surface area (Å²) in [7, 11) is 1.86. The summed E-state index contributed by atoms with van der Waals surface area (Å²) >= 11 is 0. The van der Waals surface area contributed by atoms with Gasteiger partial charge in [-0.25, -0.2) is 4.79 Å². The zero-order valence-corrected chi connectivity index (χ0v) is 18.9. The number of benzene rings is 2. The summed E-state index contributed by atoms with van der Waals surface area (Å²) in [6.07, 6.45) is 7.30. The number of nitrogens with zero attached hydrogens (tertiary/aromatic N) is 3. The molecule has 1 N–H and O–H groups in total. The maximum Gasteiger partial charge on any atom is 0.410 e. The van der Waals surface area contributed by atoms with Crippen molar-refractivity contribution >= 4 is 6.09 Å². The van der Waals surface area contributed by atoms with E-state index in [-0.39, 0.29) is 24.1 Å². The standard InChI is InChI=1S/C27H29N3O3/c1-29-16-18(15-28-29)27(32)13-19-7-6-8-20(14-27)30(19)26(31)33-17-25-23-11-4-2-9-21(23)22-10-3-5-12-24(22)25/h2-5,9-12,15-16,19-20,25,32H,6-8,13-14,17H2,1H3. The molecule has 2 bridgehead atoms. The van der Waals surface area contributed by atoms with Crippen LogP contribution in [0.25, 0.3) is 11.1 Å². The van der Waals surface area contributed by atoms with E-state index in [4.69, 9.17) is 4.74 Å². The van der Waals surface area contributed by atoms with Gasteiger partial charge in [0.1, 0.15) is 6.61 Å². The van der Waals surface area contributed by atoms with Gasteiger partial charge >= 0.3 is 6.09 Å². The van der Waals surface area contributed by atoms with E-state index in [1.54, 1.807) is 10.9 Å². The highest BCUT2D eigenvalue weighted by atomic mass is 16.6. The lowest BCUT2D eigenvalue weighted by Crippen LogP contribution is -2.59. The quantitative estimate of drug-likeness (QED) is 0.644. The first-order valence-corrected chi connectivity index (χ1v) is 11.9. The average Bonchev–Trinajstić information content (AvgIpc) is 3.39. The van der Waals surface area contributed by atoms with Crippen molar-refractivity contribution in [2.75, 3.05) is 6.61 Å². The van der Waals surface area contributed by atoms with Crippen molar-refractivity contribution in [3.8, 4) is 11.1 Å². The monoisotopic (exact) mass is 443 g/mol. The molecule has 2 saturated heterocycles. The highest BCUT2D eigenvalue weighted by molar-refractivity contribution is 5.79. The number of carbonyl (C=O) groups excluding carboxylic acids is 1. The number of piperidine rings is 2. The number of aryl methyl sites for hydroxylation is 1. The SMILES string of the molecule is Cn1cc(C2(O)CC3CCCC(C2)N3C(=O)OCC2c3ccccc3-c3ccccc32)cn1. The maximum atomic E-state index is 13.3. The number of ether oxygens (including phenoxy) is 1. The molecule has 1 aromatic heterocycles.